The van der Waals surface area contributed by atoms with E-state index in [-0.39, 0.29) is 11.8 Å². The molecule has 1 rings (SSSR count). The maximum absolute atomic E-state index is 11.8. The first-order valence-corrected chi connectivity index (χ1v) is 6.73. The van der Waals surface area contributed by atoms with Gasteiger partial charge in [-0.05, 0) is 46.6 Å². The minimum Gasteiger partial charge on any atom is -0.496 e. The molecule has 0 saturated carbocycles. The van der Waals surface area contributed by atoms with Crippen LogP contribution in [0.15, 0.2) is 22.7 Å². The van der Waals surface area contributed by atoms with Crippen LogP contribution in [0.1, 0.15) is 19.8 Å². The largest absolute Gasteiger partial charge is 0.496 e. The van der Waals surface area contributed by atoms with Crippen LogP contribution in [0.3, 0.4) is 0 Å². The number of amides is 1. The summed E-state index contributed by atoms with van der Waals surface area (Å²) in [5.74, 6) is 0.970. The molecule has 0 aliphatic carbocycles. The van der Waals surface area contributed by atoms with Crippen molar-refractivity contribution in [2.45, 2.75) is 19.8 Å². The first kappa shape index (κ1) is 15.0. The SMILES string of the molecule is CCC(CN)CC(=O)Nc1ccc(OC)c(Br)c1. The Morgan fingerprint density at radius 1 is 1.56 bits per heavy atom. The molecule has 1 amide bonds. The van der Waals surface area contributed by atoms with E-state index in [1.54, 1.807) is 13.2 Å². The molecule has 5 heteroatoms. The highest BCUT2D eigenvalue weighted by Gasteiger charge is 2.11. The Morgan fingerprint density at radius 3 is 2.78 bits per heavy atom. The Labute approximate surface area is 116 Å². The third kappa shape index (κ3) is 4.31. The lowest BCUT2D eigenvalue weighted by atomic mass is 10.0. The molecular weight excluding hydrogens is 296 g/mol. The summed E-state index contributed by atoms with van der Waals surface area (Å²) in [5, 5.41) is 2.85. The van der Waals surface area contributed by atoms with Crippen molar-refractivity contribution in [2.75, 3.05) is 19.0 Å². The number of nitrogens with one attached hydrogen (secondary N) is 1. The zero-order valence-electron chi connectivity index (χ0n) is 10.7. The minimum atomic E-state index is -0.00985. The number of hydrogen-bond acceptors (Lipinski definition) is 3. The fourth-order valence-electron chi connectivity index (χ4n) is 1.61. The molecule has 1 aromatic rings. The summed E-state index contributed by atoms with van der Waals surface area (Å²) < 4.78 is 5.94. The average Bonchev–Trinajstić information content (AvgIpc) is 2.36. The molecule has 0 aliphatic rings. The monoisotopic (exact) mass is 314 g/mol. The highest BCUT2D eigenvalue weighted by molar-refractivity contribution is 9.10. The summed E-state index contributed by atoms with van der Waals surface area (Å²) in [5.41, 5.74) is 6.33. The van der Waals surface area contributed by atoms with Gasteiger partial charge in [-0.1, -0.05) is 13.3 Å². The van der Waals surface area contributed by atoms with Gasteiger partial charge in [0.05, 0.1) is 11.6 Å². The van der Waals surface area contributed by atoms with Crippen LogP contribution in [0.5, 0.6) is 5.75 Å². The minimum absolute atomic E-state index is 0.00985. The molecule has 3 N–H and O–H groups in total. The van der Waals surface area contributed by atoms with E-state index in [0.29, 0.717) is 13.0 Å². The van der Waals surface area contributed by atoms with Crippen molar-refractivity contribution in [1.29, 1.82) is 0 Å². The number of methoxy groups -OCH3 is 1. The summed E-state index contributed by atoms with van der Waals surface area (Å²) >= 11 is 3.38. The normalized spacial score (nSPS) is 12.0. The lowest BCUT2D eigenvalue weighted by Gasteiger charge is -2.12. The Hall–Kier alpha value is -1.07. The van der Waals surface area contributed by atoms with E-state index in [0.717, 1.165) is 22.3 Å². The Kier molecular flexibility index (Phi) is 6.15. The van der Waals surface area contributed by atoms with Crippen molar-refractivity contribution < 1.29 is 9.53 Å². The summed E-state index contributed by atoms with van der Waals surface area (Å²) in [6.07, 6.45) is 1.37. The Balaban J connectivity index is 2.62. The summed E-state index contributed by atoms with van der Waals surface area (Å²) in [6.45, 7) is 2.57. The second-order valence-corrected chi connectivity index (χ2v) is 4.97. The van der Waals surface area contributed by atoms with Crippen molar-refractivity contribution in [3.05, 3.63) is 22.7 Å². The van der Waals surface area contributed by atoms with Gasteiger partial charge in [-0.15, -0.1) is 0 Å². The zero-order valence-corrected chi connectivity index (χ0v) is 12.3. The van der Waals surface area contributed by atoms with Gasteiger partial charge in [0.25, 0.3) is 0 Å². The fourth-order valence-corrected chi connectivity index (χ4v) is 2.15. The molecule has 100 valence electrons. The molecule has 0 spiro atoms. The molecule has 0 fully saturated rings. The zero-order chi connectivity index (χ0) is 13.5. The van der Waals surface area contributed by atoms with Gasteiger partial charge in [0.1, 0.15) is 5.75 Å². The van der Waals surface area contributed by atoms with E-state index in [9.17, 15) is 4.79 Å². The van der Waals surface area contributed by atoms with Gasteiger partial charge < -0.3 is 15.8 Å². The van der Waals surface area contributed by atoms with Crippen molar-refractivity contribution in [3.63, 3.8) is 0 Å². The third-order valence-corrected chi connectivity index (χ3v) is 3.44. The van der Waals surface area contributed by atoms with E-state index in [4.69, 9.17) is 10.5 Å². The van der Waals surface area contributed by atoms with Gasteiger partial charge in [-0.25, -0.2) is 0 Å². The molecule has 1 aromatic carbocycles. The first-order valence-electron chi connectivity index (χ1n) is 5.94. The molecule has 0 radical (unpaired) electrons. The maximum atomic E-state index is 11.8. The molecule has 4 nitrogen and oxygen atoms in total. The van der Waals surface area contributed by atoms with Crippen LogP contribution in [0.25, 0.3) is 0 Å². The molecule has 0 bridgehead atoms. The number of ether oxygens (including phenoxy) is 1. The van der Waals surface area contributed by atoms with Gasteiger partial charge in [-0.3, -0.25) is 4.79 Å². The van der Waals surface area contributed by atoms with Crippen molar-refractivity contribution >= 4 is 27.5 Å². The number of carbonyl (C=O) groups is 1. The van der Waals surface area contributed by atoms with E-state index in [1.165, 1.54) is 0 Å². The van der Waals surface area contributed by atoms with Gasteiger partial charge in [-0.2, -0.15) is 0 Å². The van der Waals surface area contributed by atoms with Crippen LogP contribution in [0, 0.1) is 5.92 Å². The highest BCUT2D eigenvalue weighted by Crippen LogP contribution is 2.27. The summed E-state index contributed by atoms with van der Waals surface area (Å²) in [4.78, 5) is 11.8. The van der Waals surface area contributed by atoms with Crippen LogP contribution in [-0.2, 0) is 4.79 Å². The number of halogens is 1. The average molecular weight is 315 g/mol. The topological polar surface area (TPSA) is 64.4 Å². The first-order chi connectivity index (χ1) is 8.60. The number of rotatable bonds is 6. The molecule has 0 aliphatic heterocycles. The molecule has 18 heavy (non-hydrogen) atoms. The summed E-state index contributed by atoms with van der Waals surface area (Å²) in [6, 6.07) is 5.44. The molecule has 0 saturated heterocycles. The van der Waals surface area contributed by atoms with E-state index in [1.807, 2.05) is 19.1 Å². The van der Waals surface area contributed by atoms with Crippen LogP contribution in [-0.4, -0.2) is 19.6 Å². The number of carbonyl (C=O) groups excluding carboxylic acids is 1. The van der Waals surface area contributed by atoms with Gasteiger partial charge in [0, 0.05) is 12.1 Å². The molecular formula is C13H19BrN2O2. The molecule has 1 atom stereocenters. The third-order valence-electron chi connectivity index (χ3n) is 2.82. The van der Waals surface area contributed by atoms with Crippen LogP contribution in [0.4, 0.5) is 5.69 Å². The van der Waals surface area contributed by atoms with Crippen molar-refractivity contribution in [3.8, 4) is 5.75 Å². The second kappa shape index (κ2) is 7.38. The molecule has 0 aromatic heterocycles. The van der Waals surface area contributed by atoms with E-state index < -0.39 is 0 Å². The van der Waals surface area contributed by atoms with Gasteiger partial charge in [0.2, 0.25) is 5.91 Å². The van der Waals surface area contributed by atoms with Gasteiger partial charge >= 0.3 is 0 Å². The van der Waals surface area contributed by atoms with Crippen molar-refractivity contribution in [1.82, 2.24) is 0 Å². The molecule has 0 heterocycles. The quantitative estimate of drug-likeness (QED) is 0.848. The van der Waals surface area contributed by atoms with Crippen molar-refractivity contribution in [2.24, 2.45) is 11.7 Å². The maximum Gasteiger partial charge on any atom is 0.224 e. The predicted molar refractivity (Wildman–Crippen MR) is 76.8 cm³/mol. The van der Waals surface area contributed by atoms with Gasteiger partial charge in [0.15, 0.2) is 0 Å². The Bertz CT molecular complexity index is 406. The van der Waals surface area contributed by atoms with Crippen LogP contribution >= 0.6 is 15.9 Å². The Morgan fingerprint density at radius 2 is 2.28 bits per heavy atom. The lowest BCUT2D eigenvalue weighted by Crippen LogP contribution is -2.21. The number of nitrogens with two attached hydrogens (primary N) is 1. The van der Waals surface area contributed by atoms with Crippen LogP contribution < -0.4 is 15.8 Å². The number of hydrogen-bond donors (Lipinski definition) is 2. The number of anilines is 1. The highest BCUT2D eigenvalue weighted by atomic mass is 79.9. The smallest absolute Gasteiger partial charge is 0.224 e. The standard InChI is InChI=1S/C13H19BrN2O2/c1-3-9(8-15)6-13(17)16-10-4-5-12(18-2)11(14)7-10/h4-5,7,9H,3,6,8,15H2,1-2H3,(H,16,17). The second-order valence-electron chi connectivity index (χ2n) is 4.11. The predicted octanol–water partition coefficient (Wildman–Crippen LogP) is 2.77. The molecule has 1 unspecified atom stereocenters. The summed E-state index contributed by atoms with van der Waals surface area (Å²) in [7, 11) is 1.60. The van der Waals surface area contributed by atoms with E-state index in [2.05, 4.69) is 21.2 Å². The van der Waals surface area contributed by atoms with E-state index >= 15 is 0 Å². The lowest BCUT2D eigenvalue weighted by molar-refractivity contribution is -0.117. The van der Waals surface area contributed by atoms with Crippen LogP contribution in [0.2, 0.25) is 0 Å². The fraction of sp³-hybridized carbons (Fsp3) is 0.462. The number of benzene rings is 1.